The number of benzene rings is 5. The van der Waals surface area contributed by atoms with Crippen molar-refractivity contribution in [2.45, 2.75) is 25.7 Å². The third-order valence-electron chi connectivity index (χ3n) is 7.78. The van der Waals surface area contributed by atoms with Crippen LogP contribution in [-0.4, -0.2) is 14.1 Å². The molecule has 0 aliphatic rings. The van der Waals surface area contributed by atoms with Gasteiger partial charge >= 0.3 is 0 Å². The highest BCUT2D eigenvalue weighted by molar-refractivity contribution is 5.63. The van der Waals surface area contributed by atoms with Gasteiger partial charge in [-0.1, -0.05) is 98.8 Å². The van der Waals surface area contributed by atoms with E-state index in [0.29, 0.717) is 11.8 Å². The zero-order chi connectivity index (χ0) is 26.5. The molecule has 0 heterocycles. The number of rotatable bonds is 8. The minimum atomic E-state index is 0.336. The van der Waals surface area contributed by atoms with Crippen LogP contribution in [0.5, 0.6) is 0 Å². The van der Waals surface area contributed by atoms with Crippen molar-refractivity contribution >= 4 is 22.7 Å². The summed E-state index contributed by atoms with van der Waals surface area (Å²) in [6.45, 7) is 4.58. The van der Waals surface area contributed by atoms with Crippen molar-refractivity contribution in [2.75, 3.05) is 23.9 Å². The predicted octanol–water partition coefficient (Wildman–Crippen LogP) is 9.53. The summed E-state index contributed by atoms with van der Waals surface area (Å²) in [5, 5.41) is 0. The molecule has 0 fully saturated rings. The van der Waals surface area contributed by atoms with Crippen molar-refractivity contribution in [3.8, 4) is 0 Å². The predicted molar refractivity (Wildman–Crippen MR) is 163 cm³/mol. The molecule has 5 aromatic rings. The van der Waals surface area contributed by atoms with Gasteiger partial charge in [-0.15, -0.1) is 0 Å². The highest BCUT2D eigenvalue weighted by Gasteiger charge is 2.13. The van der Waals surface area contributed by atoms with Crippen LogP contribution in [0, 0.1) is 0 Å². The molecule has 0 saturated carbocycles. The van der Waals surface area contributed by atoms with Crippen LogP contribution < -0.4 is 9.80 Å². The summed E-state index contributed by atoms with van der Waals surface area (Å²) in [5.41, 5.74) is 10.1. The van der Waals surface area contributed by atoms with Crippen LogP contribution in [0.15, 0.2) is 133 Å². The summed E-state index contributed by atoms with van der Waals surface area (Å²) in [4.78, 5) is 4.44. The zero-order valence-electron chi connectivity index (χ0n) is 22.8. The second kappa shape index (κ2) is 11.4. The van der Waals surface area contributed by atoms with Crippen molar-refractivity contribution < 1.29 is 0 Å². The van der Waals surface area contributed by atoms with Gasteiger partial charge in [0.2, 0.25) is 0 Å². The number of hydrogen-bond donors (Lipinski definition) is 0. The average Bonchev–Trinajstić information content (AvgIpc) is 3.00. The first-order valence-electron chi connectivity index (χ1n) is 13.4. The molecular formula is C36H36N2. The summed E-state index contributed by atoms with van der Waals surface area (Å²) in [6, 6.07) is 48.0. The van der Waals surface area contributed by atoms with E-state index in [0.717, 1.165) is 0 Å². The van der Waals surface area contributed by atoms with E-state index >= 15 is 0 Å². The molecule has 2 unspecified atom stereocenters. The van der Waals surface area contributed by atoms with Crippen molar-refractivity contribution in [1.82, 2.24) is 0 Å². The Hall–Kier alpha value is -4.30. The van der Waals surface area contributed by atoms with E-state index in [-0.39, 0.29) is 0 Å². The van der Waals surface area contributed by atoms with Gasteiger partial charge in [0.05, 0.1) is 0 Å². The first kappa shape index (κ1) is 25.4. The molecule has 0 aliphatic carbocycles. The highest BCUT2D eigenvalue weighted by Crippen LogP contribution is 2.32. The lowest BCUT2D eigenvalue weighted by atomic mass is 9.88. The van der Waals surface area contributed by atoms with E-state index in [4.69, 9.17) is 0 Å². The molecule has 190 valence electrons. The Bertz CT molecular complexity index is 1310. The van der Waals surface area contributed by atoms with Crippen molar-refractivity contribution in [3.63, 3.8) is 0 Å². The summed E-state index contributed by atoms with van der Waals surface area (Å²) >= 11 is 0. The number of para-hydroxylation sites is 2. The lowest BCUT2D eigenvalue weighted by Gasteiger charge is -2.21. The maximum absolute atomic E-state index is 2.29. The molecule has 0 spiro atoms. The molecule has 0 aliphatic heterocycles. The van der Waals surface area contributed by atoms with Crippen LogP contribution in [0.2, 0.25) is 0 Å². The van der Waals surface area contributed by atoms with Gasteiger partial charge in [-0.25, -0.2) is 0 Å². The van der Waals surface area contributed by atoms with E-state index in [1.807, 2.05) is 0 Å². The molecule has 0 radical (unpaired) electrons. The second-order valence-corrected chi connectivity index (χ2v) is 10.1. The van der Waals surface area contributed by atoms with E-state index in [1.165, 1.54) is 45.0 Å². The van der Waals surface area contributed by atoms with Crippen LogP contribution in [0.3, 0.4) is 0 Å². The largest absolute Gasteiger partial charge is 0.345 e. The smallest absolute Gasteiger partial charge is 0.0408 e. The monoisotopic (exact) mass is 496 g/mol. The van der Waals surface area contributed by atoms with Crippen LogP contribution in [0.1, 0.15) is 47.9 Å². The van der Waals surface area contributed by atoms with E-state index < -0.39 is 0 Å². The Morgan fingerprint density at radius 3 is 0.868 bits per heavy atom. The molecule has 2 nitrogen and oxygen atoms in total. The Kier molecular flexibility index (Phi) is 7.60. The molecule has 2 heteroatoms. The standard InChI is InChI=1S/C36H36N2/c1-27(31-19-23-35(24-20-31)37(3)33-11-7-5-8-12-33)29-15-17-30(18-16-29)28(2)32-21-25-36(26-22-32)38(4)34-13-9-6-10-14-34/h5-28H,1-4H3. The Morgan fingerprint density at radius 2 is 0.579 bits per heavy atom. The van der Waals surface area contributed by atoms with Gasteiger partial charge in [-0.05, 0) is 70.8 Å². The molecular weight excluding hydrogens is 460 g/mol. The third kappa shape index (κ3) is 5.50. The Morgan fingerprint density at radius 1 is 0.342 bits per heavy atom. The molecule has 38 heavy (non-hydrogen) atoms. The normalized spacial score (nSPS) is 12.5. The third-order valence-corrected chi connectivity index (χ3v) is 7.78. The first-order chi connectivity index (χ1) is 18.5. The molecule has 0 aromatic heterocycles. The average molecular weight is 497 g/mol. The molecule has 0 bridgehead atoms. The number of anilines is 4. The molecule has 5 aromatic carbocycles. The fourth-order valence-electron chi connectivity index (χ4n) is 5.03. The lowest BCUT2D eigenvalue weighted by Crippen LogP contribution is -2.09. The van der Waals surface area contributed by atoms with Gasteiger partial charge in [0, 0.05) is 48.7 Å². The topological polar surface area (TPSA) is 6.48 Å². The fraction of sp³-hybridized carbons (Fsp3) is 0.167. The van der Waals surface area contributed by atoms with Crippen LogP contribution >= 0.6 is 0 Å². The SMILES string of the molecule is CC(c1ccc(C(C)c2ccc(N(C)c3ccccc3)cc2)cc1)c1ccc(N(C)c2ccccc2)cc1. The lowest BCUT2D eigenvalue weighted by molar-refractivity contribution is 0.898. The van der Waals surface area contributed by atoms with Gasteiger partial charge in [0.25, 0.3) is 0 Å². The first-order valence-corrected chi connectivity index (χ1v) is 13.4. The van der Waals surface area contributed by atoms with Crippen molar-refractivity contribution in [2.24, 2.45) is 0 Å². The molecule has 0 N–H and O–H groups in total. The number of nitrogens with zero attached hydrogens (tertiary/aromatic N) is 2. The highest BCUT2D eigenvalue weighted by atomic mass is 15.1. The molecule has 5 rings (SSSR count). The van der Waals surface area contributed by atoms with Crippen molar-refractivity contribution in [1.29, 1.82) is 0 Å². The maximum atomic E-state index is 2.29. The summed E-state index contributed by atoms with van der Waals surface area (Å²) in [6.07, 6.45) is 0. The van der Waals surface area contributed by atoms with Gasteiger partial charge in [-0.2, -0.15) is 0 Å². The van der Waals surface area contributed by atoms with E-state index in [1.54, 1.807) is 0 Å². The fourth-order valence-corrected chi connectivity index (χ4v) is 5.03. The summed E-state index contributed by atoms with van der Waals surface area (Å²) < 4.78 is 0. The van der Waals surface area contributed by atoms with Crippen molar-refractivity contribution in [3.05, 3.63) is 156 Å². The van der Waals surface area contributed by atoms with Gasteiger partial charge in [0.15, 0.2) is 0 Å². The quantitative estimate of drug-likeness (QED) is 0.211. The van der Waals surface area contributed by atoms with Gasteiger partial charge in [-0.3, -0.25) is 0 Å². The molecule has 2 atom stereocenters. The molecule has 0 saturated heterocycles. The number of hydrogen-bond acceptors (Lipinski definition) is 2. The Balaban J connectivity index is 1.25. The van der Waals surface area contributed by atoms with Crippen LogP contribution in [-0.2, 0) is 0 Å². The Labute approximate surface area is 227 Å². The maximum Gasteiger partial charge on any atom is 0.0408 e. The van der Waals surface area contributed by atoms with Crippen LogP contribution in [0.25, 0.3) is 0 Å². The molecule has 0 amide bonds. The summed E-state index contributed by atoms with van der Waals surface area (Å²) in [7, 11) is 4.23. The second-order valence-electron chi connectivity index (χ2n) is 10.1. The van der Waals surface area contributed by atoms with Gasteiger partial charge in [0.1, 0.15) is 0 Å². The van der Waals surface area contributed by atoms with Crippen LogP contribution in [0.4, 0.5) is 22.7 Å². The zero-order valence-corrected chi connectivity index (χ0v) is 22.8. The van der Waals surface area contributed by atoms with E-state index in [9.17, 15) is 0 Å². The van der Waals surface area contributed by atoms with E-state index in [2.05, 4.69) is 171 Å². The summed E-state index contributed by atoms with van der Waals surface area (Å²) in [5.74, 6) is 0.673. The van der Waals surface area contributed by atoms with Gasteiger partial charge < -0.3 is 9.80 Å². The minimum absolute atomic E-state index is 0.336. The minimum Gasteiger partial charge on any atom is -0.345 e.